The van der Waals surface area contributed by atoms with Crippen LogP contribution in [0.15, 0.2) is 12.3 Å². The van der Waals surface area contributed by atoms with Crippen molar-refractivity contribution in [2.45, 2.75) is 12.2 Å². The van der Waals surface area contributed by atoms with Crippen molar-refractivity contribution in [1.29, 1.82) is 0 Å². The van der Waals surface area contributed by atoms with Crippen molar-refractivity contribution in [1.82, 2.24) is 4.98 Å². The maximum atomic E-state index is 12.5. The molecule has 8 heteroatoms. The number of anilines is 2. The van der Waals surface area contributed by atoms with Crippen molar-refractivity contribution in [2.75, 3.05) is 31.4 Å². The summed E-state index contributed by atoms with van der Waals surface area (Å²) in [6, 6.07) is 0.258. The number of nitrogen functional groups attached to an aromatic ring is 1. The number of aliphatic hydroxyl groups excluding tert-OH is 1. The van der Waals surface area contributed by atoms with Gasteiger partial charge in [-0.25, -0.2) is 4.98 Å². The number of hydrogen-bond donors (Lipinski definition) is 3. The Balaban J connectivity index is 2.93. The largest absolute Gasteiger partial charge is 0.433 e. The summed E-state index contributed by atoms with van der Waals surface area (Å²) >= 11 is 0. The molecule has 5 nitrogen and oxygen atoms in total. The molecule has 0 saturated carbocycles. The fourth-order valence-corrected chi connectivity index (χ4v) is 1.31. The molecule has 4 N–H and O–H groups in total. The van der Waals surface area contributed by atoms with Gasteiger partial charge in [0, 0.05) is 7.11 Å². The molecule has 0 fully saturated rings. The third-order valence-corrected chi connectivity index (χ3v) is 2.17. The van der Waals surface area contributed by atoms with Crippen molar-refractivity contribution in [3.63, 3.8) is 0 Å². The van der Waals surface area contributed by atoms with Gasteiger partial charge in [-0.05, 0) is 6.07 Å². The molecular formula is C10H14F3N3O2. The second kappa shape index (κ2) is 5.87. The number of halogens is 3. The van der Waals surface area contributed by atoms with Crippen LogP contribution < -0.4 is 11.1 Å². The van der Waals surface area contributed by atoms with Gasteiger partial charge in [0.05, 0.1) is 36.8 Å². The molecule has 1 rings (SSSR count). The number of nitrogens with one attached hydrogen (secondary N) is 1. The van der Waals surface area contributed by atoms with E-state index in [0.717, 1.165) is 12.3 Å². The average Bonchev–Trinajstić information content (AvgIpc) is 2.29. The Hall–Kier alpha value is -1.54. The van der Waals surface area contributed by atoms with E-state index in [1.54, 1.807) is 0 Å². The SMILES string of the molecule is COCC(CO)Nc1cc(C(F)(F)F)ncc1N. The van der Waals surface area contributed by atoms with Gasteiger partial charge < -0.3 is 20.9 Å². The Labute approximate surface area is 102 Å². The van der Waals surface area contributed by atoms with Crippen LogP contribution in [0.25, 0.3) is 0 Å². The molecule has 18 heavy (non-hydrogen) atoms. The maximum Gasteiger partial charge on any atom is 0.433 e. The molecule has 1 atom stereocenters. The lowest BCUT2D eigenvalue weighted by Crippen LogP contribution is -2.29. The van der Waals surface area contributed by atoms with Crippen molar-refractivity contribution in [3.8, 4) is 0 Å². The van der Waals surface area contributed by atoms with Gasteiger partial charge in [0.25, 0.3) is 0 Å². The Morgan fingerprint density at radius 1 is 1.56 bits per heavy atom. The van der Waals surface area contributed by atoms with Gasteiger partial charge in [-0.2, -0.15) is 13.2 Å². The second-order valence-electron chi connectivity index (χ2n) is 3.63. The summed E-state index contributed by atoms with van der Waals surface area (Å²) < 4.78 is 42.2. The van der Waals surface area contributed by atoms with Crippen LogP contribution in [-0.2, 0) is 10.9 Å². The number of pyridine rings is 1. The van der Waals surface area contributed by atoms with Crippen LogP contribution >= 0.6 is 0 Å². The Bertz CT molecular complexity index is 398. The second-order valence-corrected chi connectivity index (χ2v) is 3.63. The van der Waals surface area contributed by atoms with E-state index < -0.39 is 17.9 Å². The van der Waals surface area contributed by atoms with Crippen LogP contribution in [0.1, 0.15) is 5.69 Å². The minimum absolute atomic E-state index is 0.0634. The lowest BCUT2D eigenvalue weighted by molar-refractivity contribution is -0.141. The highest BCUT2D eigenvalue weighted by molar-refractivity contribution is 5.65. The zero-order valence-corrected chi connectivity index (χ0v) is 9.66. The van der Waals surface area contributed by atoms with Gasteiger partial charge >= 0.3 is 6.18 Å². The van der Waals surface area contributed by atoms with E-state index in [4.69, 9.17) is 15.6 Å². The quantitative estimate of drug-likeness (QED) is 0.743. The standard InChI is InChI=1S/C10H14F3N3O2/c1-18-5-6(4-17)16-8-2-9(10(11,12)13)15-3-7(8)14/h2-3,6,17H,4-5,14H2,1H3,(H,15,16). The van der Waals surface area contributed by atoms with Crippen LogP contribution in [-0.4, -0.2) is 36.5 Å². The topological polar surface area (TPSA) is 80.4 Å². The number of aliphatic hydroxyl groups is 1. The Kier molecular flexibility index (Phi) is 4.74. The van der Waals surface area contributed by atoms with Gasteiger partial charge in [0.15, 0.2) is 0 Å². The molecule has 0 amide bonds. The van der Waals surface area contributed by atoms with E-state index in [0.29, 0.717) is 0 Å². The molecule has 0 aliphatic rings. The molecule has 102 valence electrons. The van der Waals surface area contributed by atoms with Crippen LogP contribution in [0.5, 0.6) is 0 Å². The van der Waals surface area contributed by atoms with Gasteiger partial charge in [-0.3, -0.25) is 0 Å². The fourth-order valence-electron chi connectivity index (χ4n) is 1.31. The number of aromatic nitrogens is 1. The number of rotatable bonds is 5. The van der Waals surface area contributed by atoms with Crippen molar-refractivity contribution in [3.05, 3.63) is 18.0 Å². The first-order valence-corrected chi connectivity index (χ1v) is 5.07. The van der Waals surface area contributed by atoms with Crippen LogP contribution in [0.3, 0.4) is 0 Å². The van der Waals surface area contributed by atoms with E-state index >= 15 is 0 Å². The molecule has 0 bridgehead atoms. The first-order valence-electron chi connectivity index (χ1n) is 5.07. The summed E-state index contributed by atoms with van der Waals surface area (Å²) in [7, 11) is 1.42. The maximum absolute atomic E-state index is 12.5. The third kappa shape index (κ3) is 3.74. The summed E-state index contributed by atoms with van der Waals surface area (Å²) in [4.78, 5) is 3.21. The molecule has 0 spiro atoms. The Morgan fingerprint density at radius 3 is 2.72 bits per heavy atom. The van der Waals surface area contributed by atoms with E-state index in [1.807, 2.05) is 0 Å². The summed E-state index contributed by atoms with van der Waals surface area (Å²) in [6.45, 7) is -0.156. The summed E-state index contributed by atoms with van der Waals surface area (Å²) in [5.74, 6) is 0. The average molecular weight is 265 g/mol. The highest BCUT2D eigenvalue weighted by Gasteiger charge is 2.33. The number of alkyl halides is 3. The van der Waals surface area contributed by atoms with Crippen molar-refractivity contribution in [2.24, 2.45) is 0 Å². The van der Waals surface area contributed by atoms with Crippen LogP contribution in [0.2, 0.25) is 0 Å². The normalized spacial score (nSPS) is 13.4. The van der Waals surface area contributed by atoms with Crippen LogP contribution in [0, 0.1) is 0 Å². The molecule has 1 aromatic heterocycles. The lowest BCUT2D eigenvalue weighted by atomic mass is 10.2. The number of nitrogens with zero attached hydrogens (tertiary/aromatic N) is 1. The van der Waals surface area contributed by atoms with E-state index in [1.165, 1.54) is 7.11 Å². The van der Waals surface area contributed by atoms with Crippen molar-refractivity contribution >= 4 is 11.4 Å². The van der Waals surface area contributed by atoms with Gasteiger partial charge in [-0.1, -0.05) is 0 Å². The number of hydrogen-bond acceptors (Lipinski definition) is 5. The molecule has 0 radical (unpaired) electrons. The molecule has 0 aromatic carbocycles. The zero-order valence-electron chi connectivity index (χ0n) is 9.66. The molecule has 1 unspecified atom stereocenters. The molecular weight excluding hydrogens is 251 g/mol. The lowest BCUT2D eigenvalue weighted by Gasteiger charge is -2.18. The number of methoxy groups -OCH3 is 1. The van der Waals surface area contributed by atoms with E-state index in [2.05, 4.69) is 10.3 Å². The first kappa shape index (κ1) is 14.5. The monoisotopic (exact) mass is 265 g/mol. The molecule has 1 heterocycles. The predicted octanol–water partition coefficient (Wildman–Crippen LogP) is 1.10. The highest BCUT2D eigenvalue weighted by atomic mass is 19.4. The summed E-state index contributed by atoms with van der Waals surface area (Å²) in [5.41, 5.74) is 4.60. The number of ether oxygens (including phenoxy) is 1. The van der Waals surface area contributed by atoms with Gasteiger partial charge in [0.1, 0.15) is 5.69 Å². The predicted molar refractivity (Wildman–Crippen MR) is 60.0 cm³/mol. The third-order valence-electron chi connectivity index (χ3n) is 2.17. The van der Waals surface area contributed by atoms with Gasteiger partial charge in [0.2, 0.25) is 0 Å². The van der Waals surface area contributed by atoms with Crippen molar-refractivity contribution < 1.29 is 23.0 Å². The summed E-state index contributed by atoms with van der Waals surface area (Å²) in [5, 5.41) is 11.7. The molecule has 1 aromatic rings. The fraction of sp³-hybridized carbons (Fsp3) is 0.500. The molecule has 0 aliphatic heterocycles. The highest BCUT2D eigenvalue weighted by Crippen LogP contribution is 2.31. The molecule has 0 saturated heterocycles. The smallest absolute Gasteiger partial charge is 0.396 e. The van der Waals surface area contributed by atoms with E-state index in [9.17, 15) is 13.2 Å². The number of nitrogens with two attached hydrogens (primary N) is 1. The van der Waals surface area contributed by atoms with E-state index in [-0.39, 0.29) is 24.6 Å². The zero-order chi connectivity index (χ0) is 13.8. The minimum Gasteiger partial charge on any atom is -0.396 e. The molecule has 0 aliphatic carbocycles. The minimum atomic E-state index is -4.54. The van der Waals surface area contributed by atoms with Gasteiger partial charge in [-0.15, -0.1) is 0 Å². The Morgan fingerprint density at radius 2 is 2.22 bits per heavy atom. The first-order chi connectivity index (χ1) is 8.38. The summed E-state index contributed by atoms with van der Waals surface area (Å²) in [6.07, 6.45) is -3.62. The van der Waals surface area contributed by atoms with Crippen LogP contribution in [0.4, 0.5) is 24.5 Å².